The van der Waals surface area contributed by atoms with Gasteiger partial charge in [0.05, 0.1) is 5.02 Å². The molecule has 4 aromatic rings. The number of pyridine rings is 1. The molecule has 2 N–H and O–H groups in total. The zero-order valence-corrected chi connectivity index (χ0v) is 14.5. The first-order chi connectivity index (χ1) is 12.1. The van der Waals surface area contributed by atoms with Crippen molar-refractivity contribution in [3.63, 3.8) is 0 Å². The summed E-state index contributed by atoms with van der Waals surface area (Å²) in [6.45, 7) is 0. The van der Waals surface area contributed by atoms with Gasteiger partial charge in [0.2, 0.25) is 0 Å². The number of rotatable bonds is 3. The fraction of sp³-hybridized carbons (Fsp3) is 0. The van der Waals surface area contributed by atoms with Crippen LogP contribution in [-0.2, 0) is 0 Å². The Morgan fingerprint density at radius 3 is 2.36 bits per heavy atom. The largest absolute Gasteiger partial charge is 0.507 e. The first kappa shape index (κ1) is 15.8. The Balaban J connectivity index is 1.93. The fourth-order valence-electron chi connectivity index (χ4n) is 2.67. The van der Waals surface area contributed by atoms with E-state index in [1.165, 1.54) is 0 Å². The monoisotopic (exact) mass is 369 g/mol. The van der Waals surface area contributed by atoms with Crippen LogP contribution in [0.4, 0.5) is 11.5 Å². The van der Waals surface area contributed by atoms with Crippen LogP contribution in [0.2, 0.25) is 10.0 Å². The van der Waals surface area contributed by atoms with Gasteiger partial charge in [-0.05, 0) is 48.5 Å². The number of phenols is 1. The van der Waals surface area contributed by atoms with Crippen molar-refractivity contribution < 1.29 is 5.11 Å². The number of hydrogen-bond acceptors (Lipinski definition) is 3. The molecule has 0 bridgehead atoms. The molecule has 6 heteroatoms. The van der Waals surface area contributed by atoms with Gasteiger partial charge >= 0.3 is 0 Å². The van der Waals surface area contributed by atoms with Crippen molar-refractivity contribution in [1.82, 2.24) is 9.38 Å². The molecule has 0 spiro atoms. The summed E-state index contributed by atoms with van der Waals surface area (Å²) in [4.78, 5) is 4.65. The first-order valence-electron chi connectivity index (χ1n) is 7.60. The third-order valence-corrected chi connectivity index (χ3v) is 4.32. The number of benzene rings is 2. The fourth-order valence-corrected chi connectivity index (χ4v) is 2.96. The van der Waals surface area contributed by atoms with E-state index in [0.717, 1.165) is 11.3 Å². The van der Waals surface area contributed by atoms with E-state index < -0.39 is 0 Å². The molecule has 0 aliphatic rings. The van der Waals surface area contributed by atoms with E-state index in [0.29, 0.717) is 27.1 Å². The summed E-state index contributed by atoms with van der Waals surface area (Å²) in [5.74, 6) is 0.873. The summed E-state index contributed by atoms with van der Waals surface area (Å²) in [6.07, 6.45) is 1.78. The molecule has 25 heavy (non-hydrogen) atoms. The Morgan fingerprint density at radius 2 is 1.60 bits per heavy atom. The van der Waals surface area contributed by atoms with Gasteiger partial charge in [-0.3, -0.25) is 4.40 Å². The van der Waals surface area contributed by atoms with Crippen LogP contribution in [0.5, 0.6) is 5.75 Å². The maximum absolute atomic E-state index is 10.3. The molecule has 2 aromatic carbocycles. The predicted molar refractivity (Wildman–Crippen MR) is 102 cm³/mol. The predicted octanol–water partition coefficient (Wildman–Crippen LogP) is 5.76. The van der Waals surface area contributed by atoms with E-state index in [4.69, 9.17) is 23.2 Å². The van der Waals surface area contributed by atoms with Crippen LogP contribution in [0, 0.1) is 0 Å². The molecule has 124 valence electrons. The molecular weight excluding hydrogens is 357 g/mol. The maximum Gasteiger partial charge on any atom is 0.143 e. The summed E-state index contributed by atoms with van der Waals surface area (Å²) in [6, 6.07) is 18.1. The molecule has 0 aliphatic heterocycles. The van der Waals surface area contributed by atoms with Crippen LogP contribution in [0.1, 0.15) is 0 Å². The topological polar surface area (TPSA) is 49.6 Å². The molecule has 2 heterocycles. The first-order valence-corrected chi connectivity index (χ1v) is 8.36. The third kappa shape index (κ3) is 3.02. The molecular formula is C19H13Cl2N3O. The van der Waals surface area contributed by atoms with Crippen LogP contribution in [0.15, 0.2) is 66.9 Å². The van der Waals surface area contributed by atoms with Gasteiger partial charge in [0.1, 0.15) is 22.9 Å². The SMILES string of the molecule is Oc1ccccc1-c1nc2ccc(Cl)cn2c1Nc1ccc(Cl)cc1. The third-order valence-electron chi connectivity index (χ3n) is 3.85. The number of nitrogens with one attached hydrogen (secondary N) is 1. The average Bonchev–Trinajstić information content (AvgIpc) is 2.95. The van der Waals surface area contributed by atoms with Gasteiger partial charge in [-0.2, -0.15) is 0 Å². The minimum atomic E-state index is 0.163. The zero-order chi connectivity index (χ0) is 17.4. The van der Waals surface area contributed by atoms with Crippen molar-refractivity contribution >= 4 is 40.4 Å². The lowest BCUT2D eigenvalue weighted by Crippen LogP contribution is -1.97. The number of hydrogen-bond donors (Lipinski definition) is 2. The lowest BCUT2D eigenvalue weighted by Gasteiger charge is -2.10. The number of phenolic OH excluding ortho intramolecular Hbond substituents is 1. The molecule has 0 amide bonds. The number of imidazole rings is 1. The number of aromatic nitrogens is 2. The van der Waals surface area contributed by atoms with Crippen molar-refractivity contribution in [2.75, 3.05) is 5.32 Å². The molecule has 0 fully saturated rings. The van der Waals surface area contributed by atoms with Crippen molar-refractivity contribution in [2.45, 2.75) is 0 Å². The van der Waals surface area contributed by atoms with Crippen molar-refractivity contribution in [3.8, 4) is 17.0 Å². The summed E-state index contributed by atoms with van der Waals surface area (Å²) < 4.78 is 1.86. The molecule has 0 aliphatic carbocycles. The van der Waals surface area contributed by atoms with E-state index in [2.05, 4.69) is 10.3 Å². The Labute approximate surface area is 154 Å². The average molecular weight is 370 g/mol. The van der Waals surface area contributed by atoms with Gasteiger partial charge in [0.15, 0.2) is 0 Å². The van der Waals surface area contributed by atoms with Crippen molar-refractivity contribution in [3.05, 3.63) is 76.9 Å². The van der Waals surface area contributed by atoms with Gasteiger partial charge in [0, 0.05) is 22.5 Å². The smallest absolute Gasteiger partial charge is 0.143 e. The summed E-state index contributed by atoms with van der Waals surface area (Å²) >= 11 is 12.1. The highest BCUT2D eigenvalue weighted by atomic mass is 35.5. The maximum atomic E-state index is 10.3. The summed E-state index contributed by atoms with van der Waals surface area (Å²) in [5.41, 5.74) is 2.84. The molecule has 0 saturated carbocycles. The number of para-hydroxylation sites is 1. The molecule has 2 aromatic heterocycles. The number of anilines is 2. The summed E-state index contributed by atoms with van der Waals surface area (Å²) in [5, 5.41) is 14.8. The Kier molecular flexibility index (Phi) is 3.99. The number of nitrogens with zero attached hydrogens (tertiary/aromatic N) is 2. The van der Waals surface area contributed by atoms with E-state index >= 15 is 0 Å². The molecule has 0 unspecified atom stereocenters. The lowest BCUT2D eigenvalue weighted by atomic mass is 10.1. The van der Waals surface area contributed by atoms with E-state index in [-0.39, 0.29) is 5.75 Å². The molecule has 0 radical (unpaired) electrons. The molecule has 4 nitrogen and oxygen atoms in total. The van der Waals surface area contributed by atoms with Gasteiger partial charge in [-0.25, -0.2) is 4.98 Å². The van der Waals surface area contributed by atoms with Gasteiger partial charge in [-0.1, -0.05) is 35.3 Å². The van der Waals surface area contributed by atoms with Gasteiger partial charge in [-0.15, -0.1) is 0 Å². The Bertz CT molecular complexity index is 1060. The Hall–Kier alpha value is -2.69. The number of aromatic hydroxyl groups is 1. The van der Waals surface area contributed by atoms with Crippen LogP contribution in [0.25, 0.3) is 16.9 Å². The number of halogens is 2. The van der Waals surface area contributed by atoms with Gasteiger partial charge < -0.3 is 10.4 Å². The van der Waals surface area contributed by atoms with Crippen LogP contribution in [0.3, 0.4) is 0 Å². The standard InChI is InChI=1S/C19H13Cl2N3O/c20-12-5-8-14(9-6-12)22-19-18(15-3-1-2-4-16(15)25)23-17-10-7-13(21)11-24(17)19/h1-11,22,25H. The van der Waals surface area contributed by atoms with Crippen molar-refractivity contribution in [1.29, 1.82) is 0 Å². The highest BCUT2D eigenvalue weighted by Gasteiger charge is 2.17. The minimum absolute atomic E-state index is 0.163. The van der Waals surface area contributed by atoms with Crippen LogP contribution < -0.4 is 5.32 Å². The second kappa shape index (κ2) is 6.31. The Morgan fingerprint density at radius 1 is 0.880 bits per heavy atom. The highest BCUT2D eigenvalue weighted by Crippen LogP contribution is 2.36. The quantitative estimate of drug-likeness (QED) is 0.482. The van der Waals surface area contributed by atoms with E-state index in [9.17, 15) is 5.11 Å². The van der Waals surface area contributed by atoms with E-state index in [1.54, 1.807) is 36.5 Å². The van der Waals surface area contributed by atoms with Gasteiger partial charge in [0.25, 0.3) is 0 Å². The second-order valence-electron chi connectivity index (χ2n) is 5.53. The van der Waals surface area contributed by atoms with Crippen molar-refractivity contribution in [2.24, 2.45) is 0 Å². The minimum Gasteiger partial charge on any atom is -0.507 e. The molecule has 0 atom stereocenters. The van der Waals surface area contributed by atoms with Crippen LogP contribution in [-0.4, -0.2) is 14.5 Å². The second-order valence-corrected chi connectivity index (χ2v) is 6.41. The summed E-state index contributed by atoms with van der Waals surface area (Å²) in [7, 11) is 0. The normalized spacial score (nSPS) is 11.0. The molecule has 4 rings (SSSR count). The van der Waals surface area contributed by atoms with E-state index in [1.807, 2.05) is 34.7 Å². The lowest BCUT2D eigenvalue weighted by molar-refractivity contribution is 0.477. The number of fused-ring (bicyclic) bond motifs is 1. The zero-order valence-electron chi connectivity index (χ0n) is 12.9. The van der Waals surface area contributed by atoms with Crippen LogP contribution >= 0.6 is 23.2 Å². The molecule has 0 saturated heterocycles. The highest BCUT2D eigenvalue weighted by molar-refractivity contribution is 6.30.